The number of azo groups is 1. The summed E-state index contributed by atoms with van der Waals surface area (Å²) in [6.07, 6.45) is -0.426. The number of carbonyl (C=O) groups is 2. The average molecular weight is 317 g/mol. The maximum Gasteiger partial charge on any atom is 0.262 e. The Hall–Kier alpha value is -2.68. The lowest BCUT2D eigenvalue weighted by molar-refractivity contribution is -0.305. The molecular weight excluding hydrogens is 308 g/mol. The molecule has 0 radical (unpaired) electrons. The van der Waals surface area contributed by atoms with E-state index in [0.717, 1.165) is 11.8 Å². The molecule has 1 atom stereocenters. The van der Waals surface area contributed by atoms with E-state index in [1.165, 1.54) is 0 Å². The van der Waals surface area contributed by atoms with Crippen molar-refractivity contribution in [2.24, 2.45) is 15.2 Å². The molecule has 2 N–H and O–H groups in total. The fraction of sp³-hybridized carbons (Fsp3) is 0.154. The molecule has 1 aromatic carbocycles. The van der Waals surface area contributed by atoms with E-state index < -0.39 is 23.5 Å². The number of aliphatic carboxylic acids is 1. The third kappa shape index (κ3) is 2.70. The zero-order chi connectivity index (χ0) is 15.7. The molecular formula is C13H9N4O4S-. The van der Waals surface area contributed by atoms with E-state index in [1.54, 1.807) is 24.3 Å². The molecule has 1 amide bonds. The molecule has 0 bridgehead atoms. The number of carboxylic acids is 1. The van der Waals surface area contributed by atoms with Gasteiger partial charge in [0.15, 0.2) is 5.69 Å². The van der Waals surface area contributed by atoms with Crippen LogP contribution in [-0.4, -0.2) is 32.4 Å². The third-order valence-electron chi connectivity index (χ3n) is 2.98. The molecule has 1 aliphatic heterocycles. The third-order valence-corrected chi connectivity index (χ3v) is 4.01. The number of nitrogens with zero attached hydrogens (tertiary/aromatic N) is 3. The Kier molecular flexibility index (Phi) is 3.63. The number of hydrogen-bond acceptors (Lipinski definition) is 7. The highest BCUT2D eigenvalue weighted by Crippen LogP contribution is 2.36. The minimum Gasteiger partial charge on any atom is -0.550 e. The zero-order valence-corrected chi connectivity index (χ0v) is 11.8. The topological polar surface area (TPSA) is 130 Å². The number of nitrogens with one attached hydrogen (secondary N) is 1. The van der Waals surface area contributed by atoms with Gasteiger partial charge in [0.2, 0.25) is 11.0 Å². The Balaban J connectivity index is 1.82. The summed E-state index contributed by atoms with van der Waals surface area (Å²) in [5.74, 6) is -2.05. The first kappa shape index (κ1) is 14.3. The molecule has 0 fully saturated rings. The predicted octanol–water partition coefficient (Wildman–Crippen LogP) is 1.10. The first-order valence-corrected chi connectivity index (χ1v) is 7.13. The van der Waals surface area contributed by atoms with Gasteiger partial charge in [-0.2, -0.15) is 4.99 Å². The molecule has 112 valence electrons. The molecule has 0 unspecified atom stereocenters. The molecule has 1 aromatic heterocycles. The van der Waals surface area contributed by atoms with Gasteiger partial charge in [-0.05, 0) is 6.07 Å². The van der Waals surface area contributed by atoms with Crippen LogP contribution in [0.1, 0.15) is 6.42 Å². The van der Waals surface area contributed by atoms with Crippen LogP contribution in [0.3, 0.4) is 0 Å². The summed E-state index contributed by atoms with van der Waals surface area (Å²) in [6.45, 7) is 0. The summed E-state index contributed by atoms with van der Waals surface area (Å²) in [7, 11) is 0. The van der Waals surface area contributed by atoms with Crippen molar-refractivity contribution in [3.8, 4) is 5.88 Å². The normalized spacial score (nSPS) is 18.3. The lowest BCUT2D eigenvalue weighted by Gasteiger charge is -2.05. The molecule has 1 aliphatic rings. The van der Waals surface area contributed by atoms with E-state index in [0.29, 0.717) is 10.9 Å². The van der Waals surface area contributed by atoms with Gasteiger partial charge in [0.05, 0.1) is 10.8 Å². The largest absolute Gasteiger partial charge is 0.550 e. The van der Waals surface area contributed by atoms with E-state index in [1.807, 2.05) is 0 Å². The fourth-order valence-electron chi connectivity index (χ4n) is 2.00. The summed E-state index contributed by atoms with van der Waals surface area (Å²) in [6, 6.07) is 7.12. The number of rotatable bonds is 3. The summed E-state index contributed by atoms with van der Waals surface area (Å²) >= 11 is 0.908. The van der Waals surface area contributed by atoms with E-state index in [-0.39, 0.29) is 16.7 Å². The number of hydrogen-bond donors (Lipinski definition) is 2. The Labute approximate surface area is 128 Å². The minimum atomic E-state index is -1.33. The van der Waals surface area contributed by atoms with Crippen molar-refractivity contribution in [2.45, 2.75) is 11.7 Å². The van der Waals surface area contributed by atoms with Gasteiger partial charge in [0.25, 0.3) is 5.91 Å². The first-order chi connectivity index (χ1) is 10.5. The molecule has 9 heteroatoms. The van der Waals surface area contributed by atoms with Crippen LogP contribution in [0, 0.1) is 0 Å². The maximum absolute atomic E-state index is 11.5. The zero-order valence-electron chi connectivity index (χ0n) is 11.0. The van der Waals surface area contributed by atoms with Crippen LogP contribution < -0.4 is 5.11 Å². The Bertz CT molecular complexity index is 827. The highest BCUT2D eigenvalue weighted by atomic mass is 32.2. The molecule has 0 aliphatic carbocycles. The van der Waals surface area contributed by atoms with E-state index in [2.05, 4.69) is 20.2 Å². The smallest absolute Gasteiger partial charge is 0.262 e. The number of carbonyl (C=O) groups excluding carboxylic acids is 2. The SMILES string of the molecule is O=C([O-])C[C@H]1SC(N=Nc2c(O)[nH]c3ccccc23)=NC1=O. The van der Waals surface area contributed by atoms with Gasteiger partial charge >= 0.3 is 0 Å². The molecule has 2 heterocycles. The van der Waals surface area contributed by atoms with Gasteiger partial charge in [0.1, 0.15) is 0 Å². The number of benzene rings is 1. The lowest BCUT2D eigenvalue weighted by Crippen LogP contribution is -2.28. The van der Waals surface area contributed by atoms with Crippen LogP contribution in [0.2, 0.25) is 0 Å². The number of H-pyrrole nitrogens is 1. The number of aromatic amines is 1. The molecule has 0 saturated carbocycles. The highest BCUT2D eigenvalue weighted by molar-refractivity contribution is 8.15. The molecule has 0 spiro atoms. The fourth-order valence-corrected chi connectivity index (χ4v) is 2.86. The van der Waals surface area contributed by atoms with Crippen molar-refractivity contribution < 1.29 is 19.8 Å². The Morgan fingerprint density at radius 2 is 2.18 bits per heavy atom. The van der Waals surface area contributed by atoms with Crippen LogP contribution in [0.5, 0.6) is 5.88 Å². The number of aromatic nitrogens is 1. The number of aliphatic imine (C=N–C) groups is 1. The van der Waals surface area contributed by atoms with Gasteiger partial charge in [-0.25, -0.2) is 0 Å². The van der Waals surface area contributed by atoms with Gasteiger partial charge in [0, 0.05) is 17.8 Å². The average Bonchev–Trinajstić information content (AvgIpc) is 2.96. The lowest BCUT2D eigenvalue weighted by atomic mass is 10.2. The van der Waals surface area contributed by atoms with Crippen molar-refractivity contribution in [1.29, 1.82) is 0 Å². The second-order valence-electron chi connectivity index (χ2n) is 4.48. The standard InChI is InChI=1S/C13H10N4O4S/c18-9(19)5-8-11(20)15-13(22-8)17-16-10-6-3-1-2-4-7(6)14-12(10)21/h1-4,8,14,21H,5H2,(H,18,19)/p-1/t8-/m1/s1. The molecule has 22 heavy (non-hydrogen) atoms. The summed E-state index contributed by atoms with van der Waals surface area (Å²) in [5.41, 5.74) is 0.926. The summed E-state index contributed by atoms with van der Waals surface area (Å²) in [4.78, 5) is 28.4. The summed E-state index contributed by atoms with van der Waals surface area (Å²) < 4.78 is 0. The van der Waals surface area contributed by atoms with Crippen LogP contribution in [0.15, 0.2) is 39.5 Å². The number of aromatic hydroxyl groups is 1. The minimum absolute atomic E-state index is 0.0564. The van der Waals surface area contributed by atoms with Crippen LogP contribution in [-0.2, 0) is 9.59 Å². The van der Waals surface area contributed by atoms with E-state index in [9.17, 15) is 19.8 Å². The van der Waals surface area contributed by atoms with Crippen molar-refractivity contribution >= 4 is 45.4 Å². The van der Waals surface area contributed by atoms with Gasteiger partial charge in [-0.3, -0.25) is 4.79 Å². The number of amides is 1. The highest BCUT2D eigenvalue weighted by Gasteiger charge is 2.28. The van der Waals surface area contributed by atoms with Crippen molar-refractivity contribution in [1.82, 2.24) is 4.98 Å². The van der Waals surface area contributed by atoms with Gasteiger partial charge < -0.3 is 20.0 Å². The van der Waals surface area contributed by atoms with Crippen LogP contribution in [0.25, 0.3) is 10.9 Å². The predicted molar refractivity (Wildman–Crippen MR) is 77.9 cm³/mol. The van der Waals surface area contributed by atoms with Gasteiger partial charge in [-0.15, -0.1) is 10.2 Å². The molecule has 8 nitrogen and oxygen atoms in total. The molecule has 2 aromatic rings. The summed E-state index contributed by atoms with van der Waals surface area (Å²) in [5, 5.41) is 27.9. The van der Waals surface area contributed by atoms with Gasteiger partial charge in [-0.1, -0.05) is 30.0 Å². The number of carboxylic acid groups (broad SMARTS) is 1. The Morgan fingerprint density at radius 3 is 2.95 bits per heavy atom. The number of para-hydroxylation sites is 1. The van der Waals surface area contributed by atoms with Crippen LogP contribution >= 0.6 is 11.8 Å². The monoisotopic (exact) mass is 317 g/mol. The number of amidine groups is 1. The van der Waals surface area contributed by atoms with Crippen LogP contribution in [0.4, 0.5) is 5.69 Å². The second kappa shape index (κ2) is 5.60. The number of fused-ring (bicyclic) bond motifs is 1. The van der Waals surface area contributed by atoms with Crippen molar-refractivity contribution in [2.75, 3.05) is 0 Å². The maximum atomic E-state index is 11.5. The van der Waals surface area contributed by atoms with E-state index in [4.69, 9.17) is 0 Å². The van der Waals surface area contributed by atoms with E-state index >= 15 is 0 Å². The molecule has 3 rings (SSSR count). The van der Waals surface area contributed by atoms with Crippen molar-refractivity contribution in [3.05, 3.63) is 24.3 Å². The van der Waals surface area contributed by atoms with Crippen molar-refractivity contribution in [3.63, 3.8) is 0 Å². The first-order valence-electron chi connectivity index (χ1n) is 6.25. The quantitative estimate of drug-likeness (QED) is 0.818. The Morgan fingerprint density at radius 1 is 1.41 bits per heavy atom. The second-order valence-corrected chi connectivity index (χ2v) is 5.65. The number of thioether (sulfide) groups is 1. The molecule has 0 saturated heterocycles.